The molecule has 1 heterocycles. The third kappa shape index (κ3) is 5.17. The zero-order valence-electron chi connectivity index (χ0n) is 16.8. The highest BCUT2D eigenvalue weighted by atomic mass is 32.2. The van der Waals surface area contributed by atoms with Gasteiger partial charge in [0.2, 0.25) is 10.0 Å². The van der Waals surface area contributed by atoms with Gasteiger partial charge in [-0.05, 0) is 43.9 Å². The molecule has 0 radical (unpaired) electrons. The molecule has 1 aromatic heterocycles. The summed E-state index contributed by atoms with van der Waals surface area (Å²) in [4.78, 5) is -0.0689. The van der Waals surface area contributed by atoms with Crippen LogP contribution in [0.2, 0.25) is 0 Å². The van der Waals surface area contributed by atoms with Crippen LogP contribution in [0.5, 0.6) is 0 Å². The zero-order chi connectivity index (χ0) is 21.7. The predicted octanol–water partition coefficient (Wildman–Crippen LogP) is 1.36. The fourth-order valence-electron chi connectivity index (χ4n) is 3.26. The molecule has 162 valence electrons. The van der Waals surface area contributed by atoms with Crippen molar-refractivity contribution in [3.05, 3.63) is 41.7 Å². The maximum atomic E-state index is 12.6. The van der Waals surface area contributed by atoms with Gasteiger partial charge >= 0.3 is 0 Å². The lowest BCUT2D eigenvalue weighted by Gasteiger charge is -2.30. The average molecular weight is 434 g/mol. The minimum absolute atomic E-state index is 0.0689. The van der Waals surface area contributed by atoms with E-state index in [-0.39, 0.29) is 22.9 Å². The Morgan fingerprint density at radius 3 is 2.70 bits per heavy atom. The van der Waals surface area contributed by atoms with Gasteiger partial charge < -0.3 is 15.5 Å². The zero-order valence-corrected chi connectivity index (χ0v) is 17.6. The van der Waals surface area contributed by atoms with Crippen molar-refractivity contribution in [1.82, 2.24) is 14.5 Å². The first-order chi connectivity index (χ1) is 14.3. The Kier molecular flexibility index (Phi) is 7.10. The van der Waals surface area contributed by atoms with Gasteiger partial charge in [0.05, 0.1) is 34.6 Å². The fourth-order valence-corrected chi connectivity index (χ4v) is 4.32. The molecule has 0 bridgehead atoms. The van der Waals surface area contributed by atoms with Crippen molar-refractivity contribution in [1.29, 1.82) is 5.26 Å². The highest BCUT2D eigenvalue weighted by Gasteiger charge is 2.25. The Morgan fingerprint density at radius 1 is 1.33 bits per heavy atom. The van der Waals surface area contributed by atoms with Crippen LogP contribution in [0.4, 0.5) is 5.69 Å². The van der Waals surface area contributed by atoms with Crippen molar-refractivity contribution in [2.45, 2.75) is 49.8 Å². The van der Waals surface area contributed by atoms with Crippen LogP contribution in [0.1, 0.15) is 43.4 Å². The van der Waals surface area contributed by atoms with Gasteiger partial charge in [0, 0.05) is 31.4 Å². The second-order valence-electron chi connectivity index (χ2n) is 7.46. The first-order valence-electron chi connectivity index (χ1n) is 10.00. The third-order valence-electron chi connectivity index (χ3n) is 5.45. The SMILES string of the molecule is CCn1cc(C(O)CNS(=O)(=O)c2ccc(NCC(O)C3CCC3)c(C#N)c2)cn1. The molecule has 2 aromatic rings. The lowest BCUT2D eigenvalue weighted by atomic mass is 9.81. The van der Waals surface area contributed by atoms with Crippen molar-refractivity contribution in [3.8, 4) is 6.07 Å². The third-order valence-corrected chi connectivity index (χ3v) is 6.87. The van der Waals surface area contributed by atoms with E-state index in [1.165, 1.54) is 24.4 Å². The number of anilines is 1. The van der Waals surface area contributed by atoms with E-state index in [4.69, 9.17) is 0 Å². The molecular formula is C20H27N5O4S. The van der Waals surface area contributed by atoms with Crippen molar-refractivity contribution in [3.63, 3.8) is 0 Å². The van der Waals surface area contributed by atoms with E-state index in [2.05, 4.69) is 15.1 Å². The number of aliphatic hydroxyl groups excluding tert-OH is 2. The minimum atomic E-state index is -3.92. The number of aromatic nitrogens is 2. The highest BCUT2D eigenvalue weighted by molar-refractivity contribution is 7.89. The van der Waals surface area contributed by atoms with Crippen LogP contribution < -0.4 is 10.0 Å². The second kappa shape index (κ2) is 9.57. The molecule has 3 rings (SSSR count). The van der Waals surface area contributed by atoms with E-state index < -0.39 is 22.2 Å². The van der Waals surface area contributed by atoms with Crippen LogP contribution >= 0.6 is 0 Å². The number of nitrogens with zero attached hydrogens (tertiary/aromatic N) is 3. The summed E-state index contributed by atoms with van der Waals surface area (Å²) in [7, 11) is -3.92. The van der Waals surface area contributed by atoms with Gasteiger partial charge in [-0.2, -0.15) is 10.4 Å². The monoisotopic (exact) mass is 433 g/mol. The number of aryl methyl sites for hydroxylation is 1. The summed E-state index contributed by atoms with van der Waals surface area (Å²) in [5, 5.41) is 36.8. The van der Waals surface area contributed by atoms with Crippen LogP contribution in [-0.2, 0) is 16.6 Å². The Hall–Kier alpha value is -2.45. The van der Waals surface area contributed by atoms with Crippen molar-refractivity contribution >= 4 is 15.7 Å². The van der Waals surface area contributed by atoms with Gasteiger partial charge in [-0.3, -0.25) is 4.68 Å². The molecule has 2 atom stereocenters. The quantitative estimate of drug-likeness (QED) is 0.443. The molecule has 2 unspecified atom stereocenters. The summed E-state index contributed by atoms with van der Waals surface area (Å²) in [6.45, 7) is 2.65. The van der Waals surface area contributed by atoms with Crippen LogP contribution in [0.3, 0.4) is 0 Å². The molecule has 0 saturated heterocycles. The van der Waals surface area contributed by atoms with Crippen molar-refractivity contribution in [2.75, 3.05) is 18.4 Å². The van der Waals surface area contributed by atoms with Crippen LogP contribution in [-0.4, -0.2) is 47.6 Å². The molecule has 0 amide bonds. The van der Waals surface area contributed by atoms with Gasteiger partial charge in [-0.1, -0.05) is 6.42 Å². The van der Waals surface area contributed by atoms with E-state index in [1.807, 2.05) is 13.0 Å². The number of aliphatic hydroxyl groups is 2. The highest BCUT2D eigenvalue weighted by Crippen LogP contribution is 2.30. The molecule has 0 spiro atoms. The molecule has 10 heteroatoms. The second-order valence-corrected chi connectivity index (χ2v) is 9.22. The number of hydrogen-bond donors (Lipinski definition) is 4. The minimum Gasteiger partial charge on any atom is -0.391 e. The number of hydrogen-bond acceptors (Lipinski definition) is 7. The van der Waals surface area contributed by atoms with Crippen LogP contribution in [0.25, 0.3) is 0 Å². The van der Waals surface area contributed by atoms with Gasteiger partial charge in [0.15, 0.2) is 0 Å². The Morgan fingerprint density at radius 2 is 2.10 bits per heavy atom. The average Bonchev–Trinajstić information content (AvgIpc) is 3.18. The first kappa shape index (κ1) is 22.2. The first-order valence-corrected chi connectivity index (χ1v) is 11.5. The number of nitriles is 1. The lowest BCUT2D eigenvalue weighted by Crippen LogP contribution is -2.32. The topological polar surface area (TPSA) is 140 Å². The molecule has 30 heavy (non-hydrogen) atoms. The Bertz CT molecular complexity index is 1010. The van der Waals surface area contributed by atoms with E-state index in [9.17, 15) is 23.9 Å². The molecule has 1 aliphatic carbocycles. The Balaban J connectivity index is 1.64. The van der Waals surface area contributed by atoms with Gasteiger partial charge in [0.25, 0.3) is 0 Å². The van der Waals surface area contributed by atoms with Gasteiger partial charge in [-0.25, -0.2) is 13.1 Å². The summed E-state index contributed by atoms with van der Waals surface area (Å²) >= 11 is 0. The molecule has 4 N–H and O–H groups in total. The maximum absolute atomic E-state index is 12.6. The predicted molar refractivity (Wildman–Crippen MR) is 111 cm³/mol. The molecule has 1 aliphatic rings. The van der Waals surface area contributed by atoms with E-state index in [0.717, 1.165) is 19.3 Å². The van der Waals surface area contributed by atoms with Crippen LogP contribution in [0.15, 0.2) is 35.5 Å². The molecule has 0 aliphatic heterocycles. The fraction of sp³-hybridized carbons (Fsp3) is 0.500. The lowest BCUT2D eigenvalue weighted by molar-refractivity contribution is 0.0729. The molecule has 1 saturated carbocycles. The van der Waals surface area contributed by atoms with E-state index in [1.54, 1.807) is 10.9 Å². The van der Waals surface area contributed by atoms with Crippen LogP contribution in [0, 0.1) is 17.2 Å². The Labute approximate surface area is 176 Å². The van der Waals surface area contributed by atoms with E-state index >= 15 is 0 Å². The standard InChI is InChI=1S/C20H27N5O4S/c1-2-25-13-16(10-23-25)20(27)12-24-30(28,29)17-6-7-18(15(8-17)9-21)22-11-19(26)14-4-3-5-14/h6-8,10,13-14,19-20,22,24,26-27H,2-5,11-12H2,1H3. The molecule has 1 aromatic carbocycles. The van der Waals surface area contributed by atoms with Gasteiger partial charge in [-0.15, -0.1) is 0 Å². The van der Waals surface area contributed by atoms with Crippen molar-refractivity contribution < 1.29 is 18.6 Å². The maximum Gasteiger partial charge on any atom is 0.240 e. The summed E-state index contributed by atoms with van der Waals surface area (Å²) in [5.41, 5.74) is 1.16. The van der Waals surface area contributed by atoms with Crippen molar-refractivity contribution in [2.24, 2.45) is 5.92 Å². The summed E-state index contributed by atoms with van der Waals surface area (Å²) in [5.74, 6) is 0.280. The molecule has 9 nitrogen and oxygen atoms in total. The van der Waals surface area contributed by atoms with Gasteiger partial charge in [0.1, 0.15) is 6.07 Å². The summed E-state index contributed by atoms with van der Waals surface area (Å²) in [6.07, 6.45) is 4.75. The summed E-state index contributed by atoms with van der Waals surface area (Å²) in [6, 6.07) is 6.18. The smallest absolute Gasteiger partial charge is 0.240 e. The number of nitrogens with one attached hydrogen (secondary N) is 2. The normalized spacial score (nSPS) is 16.5. The largest absolute Gasteiger partial charge is 0.391 e. The molecular weight excluding hydrogens is 406 g/mol. The number of rotatable bonds is 10. The van der Waals surface area contributed by atoms with E-state index in [0.29, 0.717) is 24.3 Å². The number of benzene rings is 1. The summed E-state index contributed by atoms with van der Waals surface area (Å²) < 4.78 is 29.2. The number of sulfonamides is 1. The molecule has 1 fully saturated rings.